The molecule has 8 heteroatoms. The summed E-state index contributed by atoms with van der Waals surface area (Å²) >= 11 is 0. The Balaban J connectivity index is 1.70. The number of amides is 1. The maximum Gasteiger partial charge on any atom is 0.409 e. The zero-order valence-corrected chi connectivity index (χ0v) is 13.6. The Hall–Kier alpha value is -2.35. The van der Waals surface area contributed by atoms with Crippen molar-refractivity contribution in [1.82, 2.24) is 15.1 Å². The molecular weight excluding hydrogens is 314 g/mol. The molecule has 1 N–H and O–H groups in total. The average molecular weight is 331 g/mol. The molecule has 1 aliphatic carbocycles. The first-order valence-corrected chi connectivity index (χ1v) is 7.96. The molecule has 0 radical (unpaired) electrons. The Kier molecular flexibility index (Phi) is 2.34. The highest BCUT2D eigenvalue weighted by Gasteiger charge is 2.76. The maximum absolute atomic E-state index is 13.0. The molecule has 0 saturated carbocycles. The van der Waals surface area contributed by atoms with Crippen LogP contribution in [-0.4, -0.2) is 72.5 Å². The van der Waals surface area contributed by atoms with E-state index in [2.05, 4.69) is 10.2 Å². The second kappa shape index (κ2) is 4.00. The van der Waals surface area contributed by atoms with E-state index in [4.69, 9.17) is 9.47 Å². The lowest BCUT2D eigenvalue weighted by Crippen LogP contribution is -2.67. The summed E-state index contributed by atoms with van der Waals surface area (Å²) in [4.78, 5) is 42.0. The van der Waals surface area contributed by atoms with Crippen molar-refractivity contribution in [2.24, 2.45) is 5.92 Å². The van der Waals surface area contributed by atoms with Crippen LogP contribution >= 0.6 is 0 Å². The van der Waals surface area contributed by atoms with Crippen LogP contribution in [-0.2, 0) is 19.1 Å². The lowest BCUT2D eigenvalue weighted by Gasteiger charge is -2.44. The van der Waals surface area contributed by atoms with Gasteiger partial charge in [-0.05, 0) is 14.0 Å². The number of piperazine rings is 1. The summed E-state index contributed by atoms with van der Waals surface area (Å²) in [7, 11) is 3.39. The molecule has 3 saturated heterocycles. The van der Waals surface area contributed by atoms with E-state index in [-0.39, 0.29) is 41.9 Å². The maximum atomic E-state index is 13.0. The summed E-state index contributed by atoms with van der Waals surface area (Å²) < 4.78 is 10.4. The second-order valence-corrected chi connectivity index (χ2v) is 6.97. The number of alkyl carbamates (subject to hydrolysis) is 1. The van der Waals surface area contributed by atoms with Gasteiger partial charge in [-0.25, -0.2) is 4.79 Å². The minimum Gasteiger partial charge on any atom is -0.492 e. The van der Waals surface area contributed by atoms with Crippen molar-refractivity contribution in [3.8, 4) is 0 Å². The zero-order chi connectivity index (χ0) is 17.0. The molecule has 4 aliphatic heterocycles. The fourth-order valence-electron chi connectivity index (χ4n) is 5.06. The number of allylic oxidation sites excluding steroid dienone is 2. The molecular formula is C16H17N3O5. The highest BCUT2D eigenvalue weighted by atomic mass is 16.6. The minimum absolute atomic E-state index is 0.0767. The van der Waals surface area contributed by atoms with Gasteiger partial charge < -0.3 is 14.4 Å². The first-order valence-electron chi connectivity index (χ1n) is 7.96. The van der Waals surface area contributed by atoms with Crippen LogP contribution in [0.3, 0.4) is 0 Å². The first kappa shape index (κ1) is 14.0. The number of ketones is 2. The minimum atomic E-state index is -0.770. The Labute approximate surface area is 138 Å². The molecule has 0 bridgehead atoms. The molecule has 5 atom stereocenters. The lowest BCUT2D eigenvalue weighted by atomic mass is 9.81. The fourth-order valence-corrected chi connectivity index (χ4v) is 5.06. The van der Waals surface area contributed by atoms with E-state index in [0.717, 1.165) is 0 Å². The summed E-state index contributed by atoms with van der Waals surface area (Å²) in [6, 6.07) is 0.351. The van der Waals surface area contributed by atoms with Crippen LogP contribution < -0.4 is 5.32 Å². The van der Waals surface area contributed by atoms with Crippen LogP contribution in [0.1, 0.15) is 6.92 Å². The monoisotopic (exact) mass is 331 g/mol. The van der Waals surface area contributed by atoms with Crippen LogP contribution in [0.5, 0.6) is 0 Å². The van der Waals surface area contributed by atoms with E-state index in [1.54, 1.807) is 6.92 Å². The molecule has 1 unspecified atom stereocenters. The summed E-state index contributed by atoms with van der Waals surface area (Å²) in [5, 5.41) is 2.94. The Morgan fingerprint density at radius 2 is 2.04 bits per heavy atom. The van der Waals surface area contributed by atoms with Crippen molar-refractivity contribution in [1.29, 1.82) is 0 Å². The molecule has 1 amide bonds. The number of ether oxygens (including phenoxy) is 2. The number of carbonyl (C=O) groups excluding carboxylic acids is 3. The van der Waals surface area contributed by atoms with Crippen LogP contribution in [0, 0.1) is 5.92 Å². The summed E-state index contributed by atoms with van der Waals surface area (Å²) in [5.41, 5.74) is 0.376. The molecule has 3 fully saturated rings. The number of cyclic esters (lactones) is 1. The topological polar surface area (TPSA) is 88.0 Å². The van der Waals surface area contributed by atoms with Crippen molar-refractivity contribution < 1.29 is 23.9 Å². The fraction of sp³-hybridized carbons (Fsp3) is 0.562. The van der Waals surface area contributed by atoms with Crippen molar-refractivity contribution in [2.75, 3.05) is 27.3 Å². The van der Waals surface area contributed by atoms with Crippen LogP contribution in [0.25, 0.3) is 0 Å². The van der Waals surface area contributed by atoms with Gasteiger partial charge in [0.05, 0.1) is 24.8 Å². The number of methoxy groups -OCH3 is 1. The quantitative estimate of drug-likeness (QED) is 0.506. The Morgan fingerprint density at radius 3 is 2.75 bits per heavy atom. The Bertz CT molecular complexity index is 800. The number of nitrogens with one attached hydrogen (secondary N) is 1. The smallest absolute Gasteiger partial charge is 0.409 e. The van der Waals surface area contributed by atoms with E-state index in [1.165, 1.54) is 7.11 Å². The molecule has 0 aromatic carbocycles. The number of hydrogen-bond donors (Lipinski definition) is 1. The predicted octanol–water partition coefficient (Wildman–Crippen LogP) is -0.623. The number of hydrogen-bond acceptors (Lipinski definition) is 7. The van der Waals surface area contributed by atoms with Gasteiger partial charge in [-0.3, -0.25) is 19.8 Å². The SMILES string of the molecule is COC1=C(C)C(=O)C2=C(C1=O)[C@@H]1COC(=O)N[C@@]13[C@@H]1[C@H](CN23)N1C. The summed E-state index contributed by atoms with van der Waals surface area (Å²) in [6.07, 6.45) is -0.506. The zero-order valence-electron chi connectivity index (χ0n) is 13.6. The van der Waals surface area contributed by atoms with Crippen LogP contribution in [0.15, 0.2) is 22.6 Å². The predicted molar refractivity (Wildman–Crippen MR) is 79.5 cm³/mol. The van der Waals surface area contributed by atoms with Gasteiger partial charge in [-0.2, -0.15) is 0 Å². The number of carbonyl (C=O) groups is 3. The number of likely N-dealkylation sites (N-methyl/N-ethyl adjacent to an activating group) is 1. The molecule has 4 heterocycles. The van der Waals surface area contributed by atoms with Crippen LogP contribution in [0.4, 0.5) is 4.79 Å². The van der Waals surface area contributed by atoms with Gasteiger partial charge in [0, 0.05) is 23.7 Å². The van der Waals surface area contributed by atoms with Gasteiger partial charge in [0.2, 0.25) is 11.6 Å². The van der Waals surface area contributed by atoms with Crippen molar-refractivity contribution in [2.45, 2.75) is 24.7 Å². The van der Waals surface area contributed by atoms with Crippen molar-refractivity contribution in [3.63, 3.8) is 0 Å². The van der Waals surface area contributed by atoms with E-state index in [9.17, 15) is 14.4 Å². The van der Waals surface area contributed by atoms with Crippen LogP contribution in [0.2, 0.25) is 0 Å². The normalized spacial score (nSPS) is 42.3. The third-order valence-corrected chi connectivity index (χ3v) is 6.14. The first-order chi connectivity index (χ1) is 11.4. The van der Waals surface area contributed by atoms with Gasteiger partial charge >= 0.3 is 6.09 Å². The number of nitrogens with zero attached hydrogens (tertiary/aromatic N) is 2. The molecule has 126 valence electrons. The Morgan fingerprint density at radius 1 is 1.29 bits per heavy atom. The molecule has 8 nitrogen and oxygen atoms in total. The van der Waals surface area contributed by atoms with Gasteiger partial charge in [0.25, 0.3) is 0 Å². The third kappa shape index (κ3) is 1.26. The van der Waals surface area contributed by atoms with Gasteiger partial charge in [0.1, 0.15) is 12.3 Å². The van der Waals surface area contributed by atoms with Gasteiger partial charge in [-0.15, -0.1) is 0 Å². The van der Waals surface area contributed by atoms with E-state index in [0.29, 0.717) is 23.4 Å². The van der Waals surface area contributed by atoms with E-state index < -0.39 is 11.8 Å². The number of fused-ring (bicyclic) bond motifs is 3. The number of Topliss-reactive ketones (excluding diaryl/α,β-unsaturated/α-hetero) is 2. The molecule has 5 rings (SSSR count). The average Bonchev–Trinajstić information content (AvgIpc) is 2.93. The lowest BCUT2D eigenvalue weighted by molar-refractivity contribution is -0.119. The van der Waals surface area contributed by atoms with Gasteiger partial charge in [0.15, 0.2) is 5.76 Å². The molecule has 0 aromatic heterocycles. The van der Waals surface area contributed by atoms with E-state index in [1.807, 2.05) is 11.9 Å². The van der Waals surface area contributed by atoms with E-state index >= 15 is 0 Å². The van der Waals surface area contributed by atoms with Crippen molar-refractivity contribution >= 4 is 17.7 Å². The second-order valence-electron chi connectivity index (χ2n) is 6.97. The molecule has 24 heavy (non-hydrogen) atoms. The van der Waals surface area contributed by atoms with Gasteiger partial charge in [-0.1, -0.05) is 0 Å². The molecule has 5 aliphatic rings. The van der Waals surface area contributed by atoms with Crippen molar-refractivity contribution in [3.05, 3.63) is 22.6 Å². The number of rotatable bonds is 1. The summed E-state index contributed by atoms with van der Waals surface area (Å²) in [5.74, 6) is -0.760. The summed E-state index contributed by atoms with van der Waals surface area (Å²) in [6.45, 7) is 2.31. The highest BCUT2D eigenvalue weighted by molar-refractivity contribution is 6.25. The largest absolute Gasteiger partial charge is 0.492 e. The third-order valence-electron chi connectivity index (χ3n) is 6.14. The molecule has 1 spiro atoms. The standard InChI is InChI=1S/C16H17N3O5/c1-6-11(20)10-9(12(21)13(6)23-3)7-5-24-15(22)17-16(7)14-8(18(14)2)4-19(10)16/h7-8,14H,4-5H2,1-3H3,(H,17,22)/t7-,8-,14-,16-,18?/m0/s1. The molecule has 0 aromatic rings. The highest BCUT2D eigenvalue weighted by Crippen LogP contribution is 2.58.